The zero-order valence-electron chi connectivity index (χ0n) is 14.2. The molecule has 140 valence electrons. The van der Waals surface area contributed by atoms with Gasteiger partial charge in [-0.25, -0.2) is 18.2 Å². The number of carbonyl (C=O) groups excluding carboxylic acids is 1. The SMILES string of the molecule is CCOC(=O)c1sc(NS(=O)(=O)c2ccc(CCC(=O)O)cc2)nc1C. The number of aromatic nitrogens is 1. The molecule has 1 aromatic carbocycles. The van der Waals surface area contributed by atoms with Crippen molar-refractivity contribution in [1.29, 1.82) is 0 Å². The van der Waals surface area contributed by atoms with Gasteiger partial charge in [0.05, 0.1) is 17.2 Å². The maximum atomic E-state index is 12.4. The number of aryl methyl sites for hydroxylation is 2. The molecule has 0 unspecified atom stereocenters. The molecular formula is C16H18N2O6S2. The van der Waals surface area contributed by atoms with Crippen molar-refractivity contribution >= 4 is 38.4 Å². The monoisotopic (exact) mass is 398 g/mol. The first-order valence-corrected chi connectivity index (χ1v) is 10.0. The van der Waals surface area contributed by atoms with E-state index in [1.807, 2.05) is 0 Å². The molecule has 26 heavy (non-hydrogen) atoms. The minimum atomic E-state index is -3.87. The summed E-state index contributed by atoms with van der Waals surface area (Å²) in [7, 11) is -3.87. The summed E-state index contributed by atoms with van der Waals surface area (Å²) in [5.41, 5.74) is 1.11. The van der Waals surface area contributed by atoms with Crippen LogP contribution in [0.5, 0.6) is 0 Å². The highest BCUT2D eigenvalue weighted by atomic mass is 32.2. The van der Waals surface area contributed by atoms with Gasteiger partial charge >= 0.3 is 11.9 Å². The quantitative estimate of drug-likeness (QED) is 0.655. The number of nitrogens with one attached hydrogen (secondary N) is 1. The van der Waals surface area contributed by atoms with Crippen LogP contribution in [0.25, 0.3) is 0 Å². The number of hydrogen-bond acceptors (Lipinski definition) is 7. The van der Waals surface area contributed by atoms with Gasteiger partial charge in [-0.1, -0.05) is 23.5 Å². The maximum Gasteiger partial charge on any atom is 0.350 e. The number of sulfonamides is 1. The molecule has 0 spiro atoms. The van der Waals surface area contributed by atoms with E-state index in [1.54, 1.807) is 26.0 Å². The largest absolute Gasteiger partial charge is 0.481 e. The van der Waals surface area contributed by atoms with E-state index >= 15 is 0 Å². The summed E-state index contributed by atoms with van der Waals surface area (Å²) in [5, 5.41) is 8.75. The van der Waals surface area contributed by atoms with E-state index < -0.39 is 22.0 Å². The molecule has 2 N–H and O–H groups in total. The molecule has 0 aliphatic heterocycles. The van der Waals surface area contributed by atoms with Crippen LogP contribution in [0.2, 0.25) is 0 Å². The molecule has 2 rings (SSSR count). The van der Waals surface area contributed by atoms with Crippen LogP contribution in [0.3, 0.4) is 0 Å². The number of carbonyl (C=O) groups is 2. The first kappa shape index (κ1) is 19.9. The van der Waals surface area contributed by atoms with Crippen molar-refractivity contribution in [2.75, 3.05) is 11.3 Å². The summed E-state index contributed by atoms with van der Waals surface area (Å²) in [6.07, 6.45) is 0.289. The van der Waals surface area contributed by atoms with Crippen LogP contribution in [0.1, 0.15) is 34.3 Å². The standard InChI is InChI=1S/C16H18N2O6S2/c1-3-24-15(21)14-10(2)17-16(25-14)18-26(22,23)12-7-4-11(5-8-12)6-9-13(19)20/h4-5,7-8H,3,6,9H2,1-2H3,(H,17,18)(H,19,20). The minimum absolute atomic E-state index is 0.0158. The minimum Gasteiger partial charge on any atom is -0.481 e. The van der Waals surface area contributed by atoms with Gasteiger partial charge in [-0.15, -0.1) is 0 Å². The summed E-state index contributed by atoms with van der Waals surface area (Å²) in [4.78, 5) is 26.7. The highest BCUT2D eigenvalue weighted by molar-refractivity contribution is 7.93. The molecule has 10 heteroatoms. The number of nitrogens with zero attached hydrogens (tertiary/aromatic N) is 1. The highest BCUT2D eigenvalue weighted by Crippen LogP contribution is 2.26. The third kappa shape index (κ3) is 5.02. The Labute approximate surface area is 154 Å². The molecule has 8 nitrogen and oxygen atoms in total. The lowest BCUT2D eigenvalue weighted by Crippen LogP contribution is -2.12. The Morgan fingerprint density at radius 3 is 2.50 bits per heavy atom. The Bertz CT molecular complexity index is 903. The first-order chi connectivity index (χ1) is 12.2. The van der Waals surface area contributed by atoms with Crippen LogP contribution in [0.15, 0.2) is 29.2 Å². The van der Waals surface area contributed by atoms with E-state index in [9.17, 15) is 18.0 Å². The molecule has 0 atom stereocenters. The summed E-state index contributed by atoms with van der Waals surface area (Å²) < 4.78 is 32.1. The predicted octanol–water partition coefficient (Wildman–Crippen LogP) is 2.45. The maximum absolute atomic E-state index is 12.4. The van der Waals surface area contributed by atoms with Crippen LogP contribution in [0, 0.1) is 6.92 Å². The van der Waals surface area contributed by atoms with Crippen LogP contribution in [-0.2, 0) is 26.0 Å². The summed E-state index contributed by atoms with van der Waals surface area (Å²) in [6.45, 7) is 3.49. The number of carboxylic acid groups (broad SMARTS) is 1. The lowest BCUT2D eigenvalue weighted by molar-refractivity contribution is -0.136. The molecule has 1 aromatic heterocycles. The van der Waals surface area contributed by atoms with Gasteiger partial charge in [-0.3, -0.25) is 9.52 Å². The van der Waals surface area contributed by atoms with Gasteiger partial charge in [-0.2, -0.15) is 0 Å². The Kier molecular flexibility index (Phi) is 6.32. The predicted molar refractivity (Wildman–Crippen MR) is 96.0 cm³/mol. The fourth-order valence-electron chi connectivity index (χ4n) is 2.09. The molecule has 0 saturated carbocycles. The molecule has 1 heterocycles. The average molecular weight is 398 g/mol. The van der Waals surface area contributed by atoms with E-state index in [0.717, 1.165) is 16.9 Å². The number of ether oxygens (including phenoxy) is 1. The van der Waals surface area contributed by atoms with E-state index in [4.69, 9.17) is 9.84 Å². The highest BCUT2D eigenvalue weighted by Gasteiger charge is 2.21. The second-order valence-electron chi connectivity index (χ2n) is 5.30. The first-order valence-electron chi connectivity index (χ1n) is 7.71. The number of anilines is 1. The molecule has 0 aliphatic carbocycles. The van der Waals surface area contributed by atoms with Crippen molar-refractivity contribution in [3.05, 3.63) is 40.4 Å². The molecule has 0 amide bonds. The topological polar surface area (TPSA) is 123 Å². The zero-order chi connectivity index (χ0) is 19.3. The van der Waals surface area contributed by atoms with E-state index in [0.29, 0.717) is 12.1 Å². The van der Waals surface area contributed by atoms with Crippen molar-refractivity contribution in [2.45, 2.75) is 31.6 Å². The fraction of sp³-hybridized carbons (Fsp3) is 0.312. The third-order valence-corrected chi connectivity index (χ3v) is 5.88. The lowest BCUT2D eigenvalue weighted by Gasteiger charge is -2.06. The van der Waals surface area contributed by atoms with E-state index in [2.05, 4.69) is 9.71 Å². The summed E-state index contributed by atoms with van der Waals surface area (Å²) in [5.74, 6) is -1.46. The van der Waals surface area contributed by atoms with Crippen molar-refractivity contribution in [3.8, 4) is 0 Å². The number of benzene rings is 1. The average Bonchev–Trinajstić information content (AvgIpc) is 2.93. The molecule has 2 aromatic rings. The number of aliphatic carboxylic acids is 1. The molecule has 0 bridgehead atoms. The second-order valence-corrected chi connectivity index (χ2v) is 7.98. The number of thiazole rings is 1. The van der Waals surface area contributed by atoms with Gasteiger partial charge in [0.2, 0.25) is 0 Å². The molecule has 0 aliphatic rings. The zero-order valence-corrected chi connectivity index (χ0v) is 15.8. The summed E-state index contributed by atoms with van der Waals surface area (Å²) >= 11 is 0.902. The lowest BCUT2D eigenvalue weighted by atomic mass is 10.1. The van der Waals surface area contributed by atoms with Crippen LogP contribution in [-0.4, -0.2) is 37.1 Å². The number of rotatable bonds is 8. The van der Waals surface area contributed by atoms with Crippen molar-refractivity contribution in [2.24, 2.45) is 0 Å². The second kappa shape index (κ2) is 8.28. The van der Waals surface area contributed by atoms with Gasteiger partial charge in [0.25, 0.3) is 10.0 Å². The number of hydrogen-bond donors (Lipinski definition) is 2. The Balaban J connectivity index is 2.14. The molecule has 0 saturated heterocycles. The normalized spacial score (nSPS) is 11.2. The molecular weight excluding hydrogens is 380 g/mol. The molecule has 0 radical (unpaired) electrons. The smallest absolute Gasteiger partial charge is 0.350 e. The van der Waals surface area contributed by atoms with Crippen molar-refractivity contribution in [1.82, 2.24) is 4.98 Å². The Morgan fingerprint density at radius 2 is 1.92 bits per heavy atom. The molecule has 0 fully saturated rings. The van der Waals surface area contributed by atoms with Gasteiger partial charge in [-0.05, 0) is 38.0 Å². The Hall–Kier alpha value is -2.46. The van der Waals surface area contributed by atoms with Gasteiger partial charge in [0.15, 0.2) is 5.13 Å². The van der Waals surface area contributed by atoms with Crippen molar-refractivity contribution < 1.29 is 27.9 Å². The van der Waals surface area contributed by atoms with Crippen LogP contribution >= 0.6 is 11.3 Å². The van der Waals surface area contributed by atoms with Gasteiger partial charge in [0, 0.05) is 6.42 Å². The van der Waals surface area contributed by atoms with E-state index in [-0.39, 0.29) is 27.9 Å². The fourth-order valence-corrected chi connectivity index (χ4v) is 4.18. The van der Waals surface area contributed by atoms with Crippen LogP contribution in [0.4, 0.5) is 5.13 Å². The van der Waals surface area contributed by atoms with Crippen LogP contribution < -0.4 is 4.72 Å². The van der Waals surface area contributed by atoms with Gasteiger partial charge in [0.1, 0.15) is 4.88 Å². The van der Waals surface area contributed by atoms with E-state index in [1.165, 1.54) is 12.1 Å². The Morgan fingerprint density at radius 1 is 1.27 bits per heavy atom. The van der Waals surface area contributed by atoms with Crippen molar-refractivity contribution in [3.63, 3.8) is 0 Å². The van der Waals surface area contributed by atoms with Gasteiger partial charge < -0.3 is 9.84 Å². The summed E-state index contributed by atoms with van der Waals surface area (Å²) in [6, 6.07) is 5.92. The number of esters is 1. The third-order valence-electron chi connectivity index (χ3n) is 3.34. The number of carboxylic acids is 1.